The summed E-state index contributed by atoms with van der Waals surface area (Å²) in [6, 6.07) is 0. The first-order chi connectivity index (χ1) is 32.6. The van der Waals surface area contributed by atoms with E-state index in [0.29, 0.717) is 13.0 Å². The highest BCUT2D eigenvalue weighted by atomic mass is 16.6. The summed E-state index contributed by atoms with van der Waals surface area (Å²) in [4.78, 5) is 25.4. The molecular weight excluding hydrogens is 813 g/mol. The summed E-state index contributed by atoms with van der Waals surface area (Å²) in [7, 11) is 0. The summed E-state index contributed by atoms with van der Waals surface area (Å²) in [5.74, 6) is -0.617. The maximum absolute atomic E-state index is 12.7. The number of carbonyl (C=O) groups excluding carboxylic acids is 2. The van der Waals surface area contributed by atoms with Crippen LogP contribution in [-0.2, 0) is 23.8 Å². The van der Waals surface area contributed by atoms with Crippen molar-refractivity contribution in [1.82, 2.24) is 0 Å². The number of carbonyl (C=O) groups is 2. The van der Waals surface area contributed by atoms with Gasteiger partial charge in [0.1, 0.15) is 6.61 Å². The molecule has 1 unspecified atom stereocenters. The van der Waals surface area contributed by atoms with Crippen molar-refractivity contribution in [2.75, 3.05) is 19.8 Å². The van der Waals surface area contributed by atoms with Crippen LogP contribution in [0.2, 0.25) is 0 Å². The Kier molecular flexibility index (Phi) is 50.7. The van der Waals surface area contributed by atoms with Crippen LogP contribution < -0.4 is 0 Å². The van der Waals surface area contributed by atoms with E-state index in [0.717, 1.165) is 141 Å². The highest BCUT2D eigenvalue weighted by molar-refractivity contribution is 5.71. The highest BCUT2D eigenvalue weighted by Gasteiger charge is 2.17. The zero-order valence-corrected chi connectivity index (χ0v) is 41.9. The quantitative estimate of drug-likeness (QED) is 0.0346. The molecule has 0 heterocycles. The third-order valence-corrected chi connectivity index (χ3v) is 9.76. The molecule has 66 heavy (non-hydrogen) atoms. The molecular formula is C61H92O5. The third-order valence-electron chi connectivity index (χ3n) is 9.76. The Hall–Kier alpha value is -4.74. The zero-order chi connectivity index (χ0) is 47.7. The van der Waals surface area contributed by atoms with Gasteiger partial charge in [-0.25, -0.2) is 0 Å². The van der Waals surface area contributed by atoms with E-state index in [1.54, 1.807) is 0 Å². The minimum absolute atomic E-state index is 0.00209. The van der Waals surface area contributed by atoms with Gasteiger partial charge < -0.3 is 14.2 Å². The van der Waals surface area contributed by atoms with Crippen LogP contribution in [0.5, 0.6) is 0 Å². The molecule has 0 spiro atoms. The molecule has 0 amide bonds. The fourth-order valence-electron chi connectivity index (χ4n) is 6.07. The fourth-order valence-corrected chi connectivity index (χ4v) is 6.07. The minimum atomic E-state index is -0.635. The molecule has 1 atom stereocenters. The predicted molar refractivity (Wildman–Crippen MR) is 287 cm³/mol. The summed E-state index contributed by atoms with van der Waals surface area (Å²) in [6.07, 6.45) is 82.5. The molecule has 0 N–H and O–H groups in total. The summed E-state index contributed by atoms with van der Waals surface area (Å²) in [5.41, 5.74) is 0. The summed E-state index contributed by atoms with van der Waals surface area (Å²) >= 11 is 0. The molecule has 366 valence electrons. The molecule has 5 heteroatoms. The van der Waals surface area contributed by atoms with Crippen molar-refractivity contribution in [2.45, 2.75) is 181 Å². The van der Waals surface area contributed by atoms with Crippen molar-refractivity contribution >= 4 is 11.9 Å². The average molecular weight is 905 g/mol. The topological polar surface area (TPSA) is 61.8 Å². The monoisotopic (exact) mass is 905 g/mol. The smallest absolute Gasteiger partial charge is 0.310 e. The van der Waals surface area contributed by atoms with Crippen LogP contribution >= 0.6 is 0 Å². The Labute approximate surface area is 405 Å². The first-order valence-electron chi connectivity index (χ1n) is 25.7. The maximum Gasteiger partial charge on any atom is 0.310 e. The van der Waals surface area contributed by atoms with Crippen LogP contribution in [0, 0.1) is 0 Å². The lowest BCUT2D eigenvalue weighted by molar-refractivity contribution is -0.162. The van der Waals surface area contributed by atoms with Gasteiger partial charge in [0.05, 0.1) is 13.0 Å². The van der Waals surface area contributed by atoms with Crippen LogP contribution in [0.1, 0.15) is 175 Å². The van der Waals surface area contributed by atoms with Crippen molar-refractivity contribution in [3.63, 3.8) is 0 Å². The summed E-state index contributed by atoms with van der Waals surface area (Å²) < 4.78 is 17.2. The molecule has 0 saturated carbocycles. The average Bonchev–Trinajstić information content (AvgIpc) is 3.32. The lowest BCUT2D eigenvalue weighted by Crippen LogP contribution is -2.29. The minimum Gasteiger partial charge on any atom is -0.462 e. The van der Waals surface area contributed by atoms with Gasteiger partial charge in [0, 0.05) is 13.0 Å². The standard InChI is InChI=1S/C61H92O5/c1-4-7-10-13-16-19-22-25-28-30-31-32-34-36-39-42-45-48-51-54-60(62)65-58-59(57-64-56-53-50-47-44-41-38-35-29-26-23-20-17-14-11-8-5-2)66-61(63)55-52-49-46-43-40-37-33-27-24-21-18-15-12-9-6-3/h7-12,16-21,25-29,31-33,36,38-41,43,49,52,59H,4-6,13-15,22-24,30,34-35,37,42,44-48,50-51,53-58H2,1-3H3/b10-7-,11-8-,12-9-,19-16-,20-17-,21-18-,28-25-,29-26-,32-31-,33-27-,39-36-,41-38-,43-40-,52-49-. The first-order valence-corrected chi connectivity index (χ1v) is 25.7. The second kappa shape index (κ2) is 54.6. The van der Waals surface area contributed by atoms with Crippen molar-refractivity contribution in [3.8, 4) is 0 Å². The van der Waals surface area contributed by atoms with Crippen molar-refractivity contribution in [2.24, 2.45) is 0 Å². The molecule has 0 aliphatic carbocycles. The van der Waals surface area contributed by atoms with E-state index in [2.05, 4.69) is 179 Å². The first kappa shape index (κ1) is 61.3. The van der Waals surface area contributed by atoms with Crippen molar-refractivity contribution in [1.29, 1.82) is 0 Å². The molecule has 0 radical (unpaired) electrons. The Morgan fingerprint density at radius 2 is 0.682 bits per heavy atom. The number of esters is 2. The number of ether oxygens (including phenoxy) is 3. The Bertz CT molecular complexity index is 1540. The number of hydrogen-bond acceptors (Lipinski definition) is 5. The van der Waals surface area contributed by atoms with E-state index in [1.807, 2.05) is 12.2 Å². The second-order valence-corrected chi connectivity index (χ2v) is 15.9. The van der Waals surface area contributed by atoms with Crippen LogP contribution in [0.3, 0.4) is 0 Å². The summed E-state index contributed by atoms with van der Waals surface area (Å²) in [5, 5.41) is 0. The van der Waals surface area contributed by atoms with Crippen LogP contribution in [-0.4, -0.2) is 37.9 Å². The van der Waals surface area contributed by atoms with E-state index < -0.39 is 6.10 Å². The molecule has 0 aromatic carbocycles. The van der Waals surface area contributed by atoms with Gasteiger partial charge >= 0.3 is 11.9 Å². The second-order valence-electron chi connectivity index (χ2n) is 15.9. The fraction of sp³-hybridized carbons (Fsp3) is 0.508. The lowest BCUT2D eigenvalue weighted by Gasteiger charge is -2.18. The lowest BCUT2D eigenvalue weighted by atomic mass is 10.1. The largest absolute Gasteiger partial charge is 0.462 e. The summed E-state index contributed by atoms with van der Waals surface area (Å²) in [6.45, 7) is 7.23. The van der Waals surface area contributed by atoms with Gasteiger partial charge in [0.25, 0.3) is 0 Å². The van der Waals surface area contributed by atoms with Crippen LogP contribution in [0.15, 0.2) is 170 Å². The normalized spacial score (nSPS) is 13.7. The predicted octanol–water partition coefficient (Wildman–Crippen LogP) is 17.7. The molecule has 0 fully saturated rings. The molecule has 0 aliphatic heterocycles. The molecule has 0 aliphatic rings. The Morgan fingerprint density at radius 1 is 0.348 bits per heavy atom. The van der Waals surface area contributed by atoms with E-state index in [-0.39, 0.29) is 31.6 Å². The molecule has 0 bridgehead atoms. The number of allylic oxidation sites excluding steroid dienone is 27. The van der Waals surface area contributed by atoms with Gasteiger partial charge in [-0.3, -0.25) is 9.59 Å². The van der Waals surface area contributed by atoms with Gasteiger partial charge in [-0.2, -0.15) is 0 Å². The number of hydrogen-bond donors (Lipinski definition) is 0. The van der Waals surface area contributed by atoms with Crippen molar-refractivity contribution in [3.05, 3.63) is 170 Å². The van der Waals surface area contributed by atoms with E-state index in [4.69, 9.17) is 14.2 Å². The van der Waals surface area contributed by atoms with Gasteiger partial charge in [0.2, 0.25) is 0 Å². The molecule has 0 aromatic heterocycles. The van der Waals surface area contributed by atoms with Crippen LogP contribution in [0.4, 0.5) is 0 Å². The van der Waals surface area contributed by atoms with E-state index >= 15 is 0 Å². The third kappa shape index (κ3) is 51.9. The highest BCUT2D eigenvalue weighted by Crippen LogP contribution is 2.09. The van der Waals surface area contributed by atoms with E-state index in [9.17, 15) is 9.59 Å². The molecule has 0 aromatic rings. The molecule has 0 rings (SSSR count). The number of unbranched alkanes of at least 4 members (excludes halogenated alkanes) is 6. The molecule has 0 saturated heterocycles. The Morgan fingerprint density at radius 3 is 1.06 bits per heavy atom. The zero-order valence-electron chi connectivity index (χ0n) is 41.9. The van der Waals surface area contributed by atoms with Crippen LogP contribution in [0.25, 0.3) is 0 Å². The van der Waals surface area contributed by atoms with E-state index in [1.165, 1.54) is 0 Å². The van der Waals surface area contributed by atoms with Crippen molar-refractivity contribution < 1.29 is 23.8 Å². The molecule has 5 nitrogen and oxygen atoms in total. The SMILES string of the molecule is CC/C=C\C/C=C\C/C=C\C/C=C\C/C=C\CCCCCC(=O)OCC(COCCCCC/C=C\C/C=C\C/C=C\C/C=C\CC)OC(=O)C/C=C\C/C=C\C/C=C\C/C=C\C/C=C\CC. The van der Waals surface area contributed by atoms with Gasteiger partial charge in [-0.15, -0.1) is 0 Å². The van der Waals surface area contributed by atoms with Gasteiger partial charge in [0.15, 0.2) is 6.10 Å². The number of rotatable bonds is 44. The van der Waals surface area contributed by atoms with Gasteiger partial charge in [-0.05, 0) is 128 Å². The van der Waals surface area contributed by atoms with Gasteiger partial charge in [-0.1, -0.05) is 204 Å². The Balaban J connectivity index is 4.55. The maximum atomic E-state index is 12.7.